The zero-order chi connectivity index (χ0) is 13.8. The van der Waals surface area contributed by atoms with Gasteiger partial charge in [-0.25, -0.2) is 4.39 Å². The Kier molecular flexibility index (Phi) is 5.05. The Hall–Kier alpha value is -0.810. The van der Waals surface area contributed by atoms with Crippen LogP contribution in [0.25, 0.3) is 0 Å². The summed E-state index contributed by atoms with van der Waals surface area (Å²) in [6.07, 6.45) is 3.08. The third-order valence-electron chi connectivity index (χ3n) is 3.33. The number of ether oxygens (including phenoxy) is 3. The Labute approximate surface area is 121 Å². The largest absolute Gasteiger partial charge is 0.493 e. The maximum absolute atomic E-state index is 14.1. The van der Waals surface area contributed by atoms with Gasteiger partial charge in [0.05, 0.1) is 20.3 Å². The summed E-state index contributed by atoms with van der Waals surface area (Å²) in [6, 6.07) is 3.04. The Bertz CT molecular complexity index is 433. The molecule has 1 heterocycles. The third-order valence-corrected chi connectivity index (χ3v) is 4.20. The second-order valence-corrected chi connectivity index (χ2v) is 5.67. The highest BCUT2D eigenvalue weighted by Gasteiger charge is 2.23. The fourth-order valence-electron chi connectivity index (χ4n) is 2.30. The first kappa shape index (κ1) is 14.6. The lowest BCUT2D eigenvalue weighted by atomic mass is 10.0. The lowest BCUT2D eigenvalue weighted by Crippen LogP contribution is -2.09. The van der Waals surface area contributed by atoms with Crippen molar-refractivity contribution in [2.45, 2.75) is 30.2 Å². The first-order chi connectivity index (χ1) is 9.15. The minimum atomic E-state index is -0.294. The van der Waals surface area contributed by atoms with E-state index >= 15 is 0 Å². The van der Waals surface area contributed by atoms with Crippen LogP contribution in [0.1, 0.15) is 29.7 Å². The van der Waals surface area contributed by atoms with Crippen molar-refractivity contribution in [2.75, 3.05) is 20.8 Å². The first-order valence-electron chi connectivity index (χ1n) is 6.32. The third kappa shape index (κ3) is 3.39. The average molecular weight is 333 g/mol. The van der Waals surface area contributed by atoms with E-state index in [1.54, 1.807) is 13.2 Å². The summed E-state index contributed by atoms with van der Waals surface area (Å²) >= 11 is 3.54. The molecule has 1 fully saturated rings. The van der Waals surface area contributed by atoms with E-state index in [0.717, 1.165) is 25.9 Å². The van der Waals surface area contributed by atoms with Crippen LogP contribution in [0.5, 0.6) is 11.5 Å². The fourth-order valence-corrected chi connectivity index (χ4v) is 3.07. The van der Waals surface area contributed by atoms with E-state index in [0.29, 0.717) is 17.1 Å². The maximum Gasteiger partial charge on any atom is 0.163 e. The number of hydrogen-bond acceptors (Lipinski definition) is 3. The summed E-state index contributed by atoms with van der Waals surface area (Å²) in [4.78, 5) is -0.0876. The molecule has 0 N–H and O–H groups in total. The van der Waals surface area contributed by atoms with Crippen LogP contribution in [0.4, 0.5) is 4.39 Å². The van der Waals surface area contributed by atoms with Gasteiger partial charge in [-0.05, 0) is 25.3 Å². The minimum Gasteiger partial charge on any atom is -0.493 e. The molecule has 0 aliphatic carbocycles. The van der Waals surface area contributed by atoms with Gasteiger partial charge in [0.25, 0.3) is 0 Å². The van der Waals surface area contributed by atoms with Crippen LogP contribution in [0.2, 0.25) is 0 Å². The standard InChI is InChI=1S/C14H18BrFO3/c1-17-13-7-10(12(16)8-14(13)18-2)11(15)6-9-4-3-5-19-9/h7-9,11H,3-6H2,1-2H3. The van der Waals surface area contributed by atoms with Crippen LogP contribution in [0, 0.1) is 5.82 Å². The lowest BCUT2D eigenvalue weighted by molar-refractivity contribution is 0.104. The predicted octanol–water partition coefficient (Wildman–Crippen LogP) is 3.85. The van der Waals surface area contributed by atoms with E-state index in [-0.39, 0.29) is 16.7 Å². The topological polar surface area (TPSA) is 27.7 Å². The molecular weight excluding hydrogens is 315 g/mol. The molecule has 0 amide bonds. The van der Waals surface area contributed by atoms with E-state index < -0.39 is 0 Å². The quantitative estimate of drug-likeness (QED) is 0.766. The molecule has 1 aliphatic rings. The van der Waals surface area contributed by atoms with Crippen molar-refractivity contribution < 1.29 is 18.6 Å². The zero-order valence-corrected chi connectivity index (χ0v) is 12.7. The molecule has 1 aromatic carbocycles. The van der Waals surface area contributed by atoms with Gasteiger partial charge >= 0.3 is 0 Å². The van der Waals surface area contributed by atoms with Gasteiger partial charge in [-0.2, -0.15) is 0 Å². The highest BCUT2D eigenvalue weighted by atomic mass is 79.9. The first-order valence-corrected chi connectivity index (χ1v) is 7.24. The lowest BCUT2D eigenvalue weighted by Gasteiger charge is -2.17. The molecule has 0 spiro atoms. The zero-order valence-electron chi connectivity index (χ0n) is 11.1. The molecule has 0 aromatic heterocycles. The van der Waals surface area contributed by atoms with Crippen molar-refractivity contribution in [3.63, 3.8) is 0 Å². The van der Waals surface area contributed by atoms with Crippen LogP contribution >= 0.6 is 15.9 Å². The highest BCUT2D eigenvalue weighted by Crippen LogP contribution is 2.38. The summed E-state index contributed by atoms with van der Waals surface area (Å²) in [6.45, 7) is 0.804. The highest BCUT2D eigenvalue weighted by molar-refractivity contribution is 9.09. The number of rotatable bonds is 5. The monoisotopic (exact) mass is 332 g/mol. The number of methoxy groups -OCH3 is 2. The fraction of sp³-hybridized carbons (Fsp3) is 0.571. The van der Waals surface area contributed by atoms with Gasteiger partial charge in [0.2, 0.25) is 0 Å². The molecule has 5 heteroatoms. The second-order valence-electron chi connectivity index (χ2n) is 4.57. The Morgan fingerprint density at radius 2 is 2.05 bits per heavy atom. The Morgan fingerprint density at radius 3 is 2.63 bits per heavy atom. The van der Waals surface area contributed by atoms with Crippen LogP contribution in [0.3, 0.4) is 0 Å². The molecule has 2 unspecified atom stereocenters. The van der Waals surface area contributed by atoms with Gasteiger partial charge in [0.1, 0.15) is 5.82 Å². The second kappa shape index (κ2) is 6.57. The average Bonchev–Trinajstić information content (AvgIpc) is 2.90. The van der Waals surface area contributed by atoms with E-state index in [1.165, 1.54) is 13.2 Å². The number of benzene rings is 1. The van der Waals surface area contributed by atoms with Crippen molar-refractivity contribution in [1.29, 1.82) is 0 Å². The minimum absolute atomic E-state index is 0.0876. The molecule has 2 rings (SSSR count). The summed E-state index contributed by atoms with van der Waals surface area (Å²) in [5, 5.41) is 0. The van der Waals surface area contributed by atoms with Gasteiger partial charge in [0.15, 0.2) is 11.5 Å². The van der Waals surface area contributed by atoms with E-state index in [4.69, 9.17) is 14.2 Å². The van der Waals surface area contributed by atoms with Crippen LogP contribution in [0.15, 0.2) is 12.1 Å². The van der Waals surface area contributed by atoms with Gasteiger partial charge in [-0.3, -0.25) is 0 Å². The van der Waals surface area contributed by atoms with Gasteiger partial charge in [0, 0.05) is 23.1 Å². The van der Waals surface area contributed by atoms with E-state index in [2.05, 4.69) is 15.9 Å². The normalized spacial score (nSPS) is 20.3. The summed E-state index contributed by atoms with van der Waals surface area (Å²) in [7, 11) is 3.04. The summed E-state index contributed by atoms with van der Waals surface area (Å²) in [5.41, 5.74) is 0.577. The SMILES string of the molecule is COc1cc(F)c(C(Br)CC2CCCO2)cc1OC. The summed E-state index contributed by atoms with van der Waals surface area (Å²) < 4.78 is 29.9. The molecule has 1 saturated heterocycles. The molecule has 1 aliphatic heterocycles. The molecule has 19 heavy (non-hydrogen) atoms. The van der Waals surface area contributed by atoms with Crippen molar-refractivity contribution in [2.24, 2.45) is 0 Å². The van der Waals surface area contributed by atoms with Crippen molar-refractivity contribution in [3.05, 3.63) is 23.5 Å². The van der Waals surface area contributed by atoms with E-state index in [1.807, 2.05) is 0 Å². The number of hydrogen-bond donors (Lipinski definition) is 0. The Morgan fingerprint density at radius 1 is 1.37 bits per heavy atom. The molecule has 0 saturated carbocycles. The molecule has 2 atom stereocenters. The molecular formula is C14H18BrFO3. The molecule has 0 radical (unpaired) electrons. The van der Waals surface area contributed by atoms with Gasteiger partial charge in [-0.15, -0.1) is 0 Å². The van der Waals surface area contributed by atoms with Crippen molar-refractivity contribution in [1.82, 2.24) is 0 Å². The van der Waals surface area contributed by atoms with E-state index in [9.17, 15) is 4.39 Å². The molecule has 106 valence electrons. The van der Waals surface area contributed by atoms with Crippen molar-refractivity contribution >= 4 is 15.9 Å². The van der Waals surface area contributed by atoms with Crippen LogP contribution in [-0.4, -0.2) is 26.9 Å². The Balaban J connectivity index is 2.17. The van der Waals surface area contributed by atoms with Gasteiger partial charge < -0.3 is 14.2 Å². The smallest absolute Gasteiger partial charge is 0.163 e. The van der Waals surface area contributed by atoms with Crippen molar-refractivity contribution in [3.8, 4) is 11.5 Å². The number of halogens is 2. The summed E-state index contributed by atoms with van der Waals surface area (Å²) in [5.74, 6) is 0.647. The van der Waals surface area contributed by atoms with Crippen LogP contribution < -0.4 is 9.47 Å². The molecule has 3 nitrogen and oxygen atoms in total. The molecule has 1 aromatic rings. The predicted molar refractivity (Wildman–Crippen MR) is 74.8 cm³/mol. The van der Waals surface area contributed by atoms with Crippen LogP contribution in [-0.2, 0) is 4.74 Å². The van der Waals surface area contributed by atoms with Gasteiger partial charge in [-0.1, -0.05) is 15.9 Å². The maximum atomic E-state index is 14.1. The molecule has 0 bridgehead atoms. The number of alkyl halides is 1.